The second kappa shape index (κ2) is 6.29. The Hall–Kier alpha value is -0.940. The summed E-state index contributed by atoms with van der Waals surface area (Å²) in [5.74, 6) is 0.130. The first-order valence-corrected chi connectivity index (χ1v) is 5.90. The fourth-order valence-electron chi connectivity index (χ4n) is 1.37. The minimum atomic E-state index is -4.72. The van der Waals surface area contributed by atoms with E-state index < -0.39 is 6.36 Å². The zero-order valence-electron chi connectivity index (χ0n) is 10.1. The quantitative estimate of drug-likeness (QED) is 0.881. The van der Waals surface area contributed by atoms with E-state index in [4.69, 9.17) is 11.6 Å². The third-order valence-corrected chi connectivity index (χ3v) is 2.40. The average Bonchev–Trinajstić information content (AvgIpc) is 2.19. The zero-order chi connectivity index (χ0) is 13.8. The third kappa shape index (κ3) is 5.60. The summed E-state index contributed by atoms with van der Waals surface area (Å²) >= 11 is 5.72. The highest BCUT2D eigenvalue weighted by Gasteiger charge is 2.31. The van der Waals surface area contributed by atoms with Gasteiger partial charge in [-0.15, -0.1) is 13.2 Å². The van der Waals surface area contributed by atoms with Gasteiger partial charge in [0.2, 0.25) is 0 Å². The molecule has 0 spiro atoms. The second-order valence-corrected chi connectivity index (χ2v) is 4.74. The van der Waals surface area contributed by atoms with Gasteiger partial charge in [0.15, 0.2) is 0 Å². The van der Waals surface area contributed by atoms with Crippen LogP contribution in [0.15, 0.2) is 18.2 Å². The van der Waals surface area contributed by atoms with Crippen molar-refractivity contribution in [3.8, 4) is 5.75 Å². The van der Waals surface area contributed by atoms with Crippen LogP contribution >= 0.6 is 11.6 Å². The van der Waals surface area contributed by atoms with Crippen molar-refractivity contribution >= 4 is 11.6 Å². The van der Waals surface area contributed by atoms with Gasteiger partial charge in [-0.05, 0) is 30.2 Å². The molecule has 18 heavy (non-hydrogen) atoms. The van der Waals surface area contributed by atoms with Crippen LogP contribution in [-0.2, 0) is 6.54 Å². The Bertz CT molecular complexity index is 393. The molecule has 102 valence electrons. The lowest BCUT2D eigenvalue weighted by molar-refractivity contribution is -0.274. The molecule has 0 amide bonds. The van der Waals surface area contributed by atoms with E-state index in [0.717, 1.165) is 12.1 Å². The summed E-state index contributed by atoms with van der Waals surface area (Å²) in [4.78, 5) is 0. The summed E-state index contributed by atoms with van der Waals surface area (Å²) < 4.78 is 39.8. The number of hydrogen-bond donors (Lipinski definition) is 1. The summed E-state index contributed by atoms with van der Waals surface area (Å²) in [5, 5.41) is 3.13. The molecule has 0 heterocycles. The van der Waals surface area contributed by atoms with Gasteiger partial charge in [-0.1, -0.05) is 31.5 Å². The first-order valence-electron chi connectivity index (χ1n) is 5.53. The minimum Gasteiger partial charge on any atom is -0.404 e. The maximum atomic E-state index is 12.0. The number of ether oxygens (including phenoxy) is 1. The summed E-state index contributed by atoms with van der Waals surface area (Å²) in [7, 11) is 0. The van der Waals surface area contributed by atoms with Crippen LogP contribution in [0.3, 0.4) is 0 Å². The topological polar surface area (TPSA) is 21.3 Å². The van der Waals surface area contributed by atoms with E-state index in [1.807, 2.05) is 0 Å². The summed E-state index contributed by atoms with van der Waals surface area (Å²) in [6.07, 6.45) is -4.72. The molecule has 0 fully saturated rings. The zero-order valence-corrected chi connectivity index (χ0v) is 10.9. The van der Waals surface area contributed by atoms with Crippen LogP contribution in [0, 0.1) is 5.92 Å². The molecule has 1 rings (SSSR count). The van der Waals surface area contributed by atoms with Crippen molar-refractivity contribution < 1.29 is 17.9 Å². The summed E-state index contributed by atoms with van der Waals surface area (Å²) in [6, 6.07) is 4.25. The second-order valence-electron chi connectivity index (χ2n) is 4.34. The van der Waals surface area contributed by atoms with Gasteiger partial charge in [-0.3, -0.25) is 0 Å². The van der Waals surface area contributed by atoms with E-state index >= 15 is 0 Å². The van der Waals surface area contributed by atoms with Gasteiger partial charge >= 0.3 is 6.36 Å². The van der Waals surface area contributed by atoms with E-state index in [2.05, 4.69) is 23.9 Å². The average molecular weight is 282 g/mol. The van der Waals surface area contributed by atoms with Crippen molar-refractivity contribution in [2.75, 3.05) is 6.54 Å². The molecule has 0 atom stereocenters. The fourth-order valence-corrected chi connectivity index (χ4v) is 1.61. The predicted octanol–water partition coefficient (Wildman–Crippen LogP) is 3.98. The standard InChI is InChI=1S/C12H15ClF3NO/c1-8(2)6-17-7-9-3-4-11(10(13)5-9)18-12(14,15)16/h3-5,8,17H,6-7H2,1-2H3. The van der Waals surface area contributed by atoms with E-state index in [0.29, 0.717) is 12.5 Å². The van der Waals surface area contributed by atoms with Crippen molar-refractivity contribution in [3.63, 3.8) is 0 Å². The molecule has 2 nitrogen and oxygen atoms in total. The highest BCUT2D eigenvalue weighted by molar-refractivity contribution is 6.32. The van der Waals surface area contributed by atoms with Crippen LogP contribution in [0.25, 0.3) is 0 Å². The maximum Gasteiger partial charge on any atom is 0.573 e. The summed E-state index contributed by atoms with van der Waals surface area (Å²) in [5.41, 5.74) is 0.815. The number of halogens is 4. The smallest absolute Gasteiger partial charge is 0.404 e. The number of rotatable bonds is 5. The van der Waals surface area contributed by atoms with Gasteiger partial charge in [0.05, 0.1) is 5.02 Å². The van der Waals surface area contributed by atoms with Crippen molar-refractivity contribution in [1.29, 1.82) is 0 Å². The third-order valence-electron chi connectivity index (χ3n) is 2.10. The van der Waals surface area contributed by atoms with Crippen molar-refractivity contribution in [2.45, 2.75) is 26.8 Å². The van der Waals surface area contributed by atoms with Crippen LogP contribution in [0.1, 0.15) is 19.4 Å². The number of hydrogen-bond acceptors (Lipinski definition) is 2. The van der Waals surface area contributed by atoms with Crippen LogP contribution in [0.5, 0.6) is 5.75 Å². The van der Waals surface area contributed by atoms with Crippen molar-refractivity contribution in [3.05, 3.63) is 28.8 Å². The maximum absolute atomic E-state index is 12.0. The minimum absolute atomic E-state index is 0.0452. The van der Waals surface area contributed by atoms with Gasteiger partial charge in [0, 0.05) is 6.54 Å². The predicted molar refractivity (Wildman–Crippen MR) is 64.7 cm³/mol. The van der Waals surface area contributed by atoms with Gasteiger partial charge < -0.3 is 10.1 Å². The Balaban J connectivity index is 2.62. The molecule has 1 aromatic carbocycles. The van der Waals surface area contributed by atoms with Crippen LogP contribution in [0.2, 0.25) is 5.02 Å². The highest BCUT2D eigenvalue weighted by atomic mass is 35.5. The summed E-state index contributed by atoms with van der Waals surface area (Å²) in [6.45, 7) is 5.53. The molecule has 0 bridgehead atoms. The molecule has 0 unspecified atom stereocenters. The molecular formula is C12H15ClF3NO. The fraction of sp³-hybridized carbons (Fsp3) is 0.500. The van der Waals surface area contributed by atoms with Crippen molar-refractivity contribution in [1.82, 2.24) is 5.32 Å². The van der Waals surface area contributed by atoms with Gasteiger partial charge in [0.25, 0.3) is 0 Å². The number of nitrogens with one attached hydrogen (secondary N) is 1. The monoisotopic (exact) mass is 281 g/mol. The van der Waals surface area contributed by atoms with Gasteiger partial charge in [-0.25, -0.2) is 0 Å². The van der Waals surface area contributed by atoms with E-state index in [1.165, 1.54) is 12.1 Å². The molecule has 0 saturated carbocycles. The number of alkyl halides is 3. The molecule has 0 aliphatic heterocycles. The van der Waals surface area contributed by atoms with E-state index in [9.17, 15) is 13.2 Å². The van der Waals surface area contributed by atoms with Gasteiger partial charge in [0.1, 0.15) is 5.75 Å². The lowest BCUT2D eigenvalue weighted by Crippen LogP contribution is -2.19. The largest absolute Gasteiger partial charge is 0.573 e. The van der Waals surface area contributed by atoms with Gasteiger partial charge in [-0.2, -0.15) is 0 Å². The van der Waals surface area contributed by atoms with Crippen LogP contribution < -0.4 is 10.1 Å². The van der Waals surface area contributed by atoms with Crippen molar-refractivity contribution in [2.24, 2.45) is 5.92 Å². The first kappa shape index (κ1) is 15.1. The SMILES string of the molecule is CC(C)CNCc1ccc(OC(F)(F)F)c(Cl)c1. The Labute approximate surface area is 109 Å². The molecule has 0 aliphatic carbocycles. The highest BCUT2D eigenvalue weighted by Crippen LogP contribution is 2.30. The lowest BCUT2D eigenvalue weighted by atomic mass is 10.2. The van der Waals surface area contributed by atoms with E-state index in [1.54, 1.807) is 6.07 Å². The molecule has 0 radical (unpaired) electrons. The lowest BCUT2D eigenvalue weighted by Gasteiger charge is -2.12. The Morgan fingerprint density at radius 3 is 2.50 bits per heavy atom. The first-order chi connectivity index (χ1) is 8.28. The Morgan fingerprint density at radius 1 is 1.33 bits per heavy atom. The normalized spacial score (nSPS) is 11.9. The Kier molecular flexibility index (Phi) is 5.28. The molecule has 6 heteroatoms. The molecule has 1 N–H and O–H groups in total. The van der Waals surface area contributed by atoms with Crippen LogP contribution in [0.4, 0.5) is 13.2 Å². The number of benzene rings is 1. The van der Waals surface area contributed by atoms with E-state index in [-0.39, 0.29) is 10.8 Å². The molecule has 0 aromatic heterocycles. The molecule has 0 aliphatic rings. The molecular weight excluding hydrogens is 267 g/mol. The molecule has 0 saturated heterocycles. The van der Waals surface area contributed by atoms with Crippen LogP contribution in [-0.4, -0.2) is 12.9 Å². The Morgan fingerprint density at radius 2 is 2.00 bits per heavy atom. The molecule has 1 aromatic rings.